The van der Waals surface area contributed by atoms with Gasteiger partial charge in [0.1, 0.15) is 17.3 Å². The number of rotatable bonds is 4. The lowest BCUT2D eigenvalue weighted by atomic mass is 10.2. The summed E-state index contributed by atoms with van der Waals surface area (Å²) in [5.41, 5.74) is 0.325. The predicted molar refractivity (Wildman–Crippen MR) is 97.5 cm³/mol. The third-order valence-electron chi connectivity index (χ3n) is 3.76. The second-order valence-corrected chi connectivity index (χ2v) is 7.90. The third-order valence-corrected chi connectivity index (χ3v) is 5.74. The number of ketones is 1. The van der Waals surface area contributed by atoms with E-state index in [9.17, 15) is 18.0 Å². The minimum atomic E-state index is -4.12. The van der Waals surface area contributed by atoms with Crippen LogP contribution in [0.4, 0.5) is 16.2 Å². The molecule has 0 saturated carbocycles. The number of hydrogen-bond donors (Lipinski definition) is 0. The van der Waals surface area contributed by atoms with Crippen molar-refractivity contribution in [3.05, 3.63) is 47.5 Å². The molecule has 0 fully saturated rings. The number of fused-ring (bicyclic) bond motifs is 1. The van der Waals surface area contributed by atoms with Crippen LogP contribution in [0.1, 0.15) is 6.92 Å². The molecule has 2 aromatic rings. The molecule has 1 heterocycles. The number of amides is 2. The summed E-state index contributed by atoms with van der Waals surface area (Å²) in [5, 5.41) is 0.312. The van der Waals surface area contributed by atoms with E-state index in [4.69, 9.17) is 16.3 Å². The van der Waals surface area contributed by atoms with E-state index >= 15 is 0 Å². The Morgan fingerprint density at radius 1 is 1.19 bits per heavy atom. The van der Waals surface area contributed by atoms with Crippen LogP contribution in [0.3, 0.4) is 0 Å². The number of sulfonamides is 1. The topological polar surface area (TPSA) is 84.0 Å². The molecule has 136 valence electrons. The summed E-state index contributed by atoms with van der Waals surface area (Å²) in [5.74, 6) is 0.122. The Labute approximate surface area is 155 Å². The Hall–Kier alpha value is -2.58. The number of hydrogen-bond acceptors (Lipinski definition) is 5. The maximum atomic E-state index is 13.0. The smallest absolute Gasteiger partial charge is 0.342 e. The Morgan fingerprint density at radius 3 is 2.58 bits per heavy atom. The first-order valence-electron chi connectivity index (χ1n) is 7.56. The van der Waals surface area contributed by atoms with Crippen molar-refractivity contribution in [2.24, 2.45) is 0 Å². The van der Waals surface area contributed by atoms with Crippen molar-refractivity contribution in [3.8, 4) is 5.75 Å². The zero-order valence-electron chi connectivity index (χ0n) is 14.0. The van der Waals surface area contributed by atoms with Crippen LogP contribution < -0.4 is 13.9 Å². The van der Waals surface area contributed by atoms with Gasteiger partial charge in [-0.25, -0.2) is 13.2 Å². The quantitative estimate of drug-likeness (QED) is 0.795. The highest BCUT2D eigenvalue weighted by Crippen LogP contribution is 2.38. The van der Waals surface area contributed by atoms with Gasteiger partial charge in [0, 0.05) is 18.1 Å². The van der Waals surface area contributed by atoms with Crippen LogP contribution in [-0.4, -0.2) is 33.9 Å². The van der Waals surface area contributed by atoms with Gasteiger partial charge >= 0.3 is 6.03 Å². The molecule has 0 aliphatic carbocycles. The molecule has 7 nitrogen and oxygen atoms in total. The molecule has 1 aliphatic rings. The van der Waals surface area contributed by atoms with E-state index in [1.807, 2.05) is 0 Å². The zero-order valence-corrected chi connectivity index (χ0v) is 15.5. The molecule has 1 aliphatic heterocycles. The van der Waals surface area contributed by atoms with Gasteiger partial charge in [-0.15, -0.1) is 0 Å². The van der Waals surface area contributed by atoms with Crippen molar-refractivity contribution in [3.63, 3.8) is 0 Å². The summed E-state index contributed by atoms with van der Waals surface area (Å²) in [6.45, 7) is 1.24. The predicted octanol–water partition coefficient (Wildman–Crippen LogP) is 3.07. The van der Waals surface area contributed by atoms with Gasteiger partial charge < -0.3 is 4.74 Å². The third kappa shape index (κ3) is 3.13. The number of Topliss-reactive ketones (excluding diaryl/α,β-unsaturated/α-hetero) is 1. The Bertz CT molecular complexity index is 1010. The second-order valence-electron chi connectivity index (χ2n) is 5.71. The van der Waals surface area contributed by atoms with Crippen LogP contribution in [0.2, 0.25) is 5.02 Å². The van der Waals surface area contributed by atoms with E-state index in [2.05, 4.69) is 0 Å². The van der Waals surface area contributed by atoms with Gasteiger partial charge in [-0.1, -0.05) is 17.7 Å². The van der Waals surface area contributed by atoms with Crippen LogP contribution >= 0.6 is 11.6 Å². The summed E-state index contributed by atoms with van der Waals surface area (Å²) in [4.78, 5) is 24.9. The molecule has 0 spiro atoms. The van der Waals surface area contributed by atoms with Gasteiger partial charge in [0.05, 0.1) is 11.4 Å². The fourth-order valence-electron chi connectivity index (χ4n) is 2.54. The van der Waals surface area contributed by atoms with Crippen LogP contribution in [0.15, 0.2) is 47.4 Å². The van der Waals surface area contributed by atoms with Gasteiger partial charge in [0.25, 0.3) is 10.0 Å². The van der Waals surface area contributed by atoms with Gasteiger partial charge in [0.15, 0.2) is 5.78 Å². The number of anilines is 2. The average Bonchev–Trinajstić information content (AvgIpc) is 2.58. The van der Waals surface area contributed by atoms with Gasteiger partial charge in [-0.2, -0.15) is 4.31 Å². The highest BCUT2D eigenvalue weighted by atomic mass is 35.5. The van der Waals surface area contributed by atoms with Gasteiger partial charge in [0.2, 0.25) is 0 Å². The maximum Gasteiger partial charge on any atom is 0.342 e. The minimum absolute atomic E-state index is 0.0465. The van der Waals surface area contributed by atoms with Crippen molar-refractivity contribution < 1.29 is 22.7 Å². The van der Waals surface area contributed by atoms with Crippen molar-refractivity contribution in [1.82, 2.24) is 0 Å². The van der Waals surface area contributed by atoms with Crippen LogP contribution in [0.25, 0.3) is 0 Å². The average molecular weight is 395 g/mol. The monoisotopic (exact) mass is 394 g/mol. The molecule has 2 amide bonds. The van der Waals surface area contributed by atoms with Crippen molar-refractivity contribution in [2.75, 3.05) is 22.9 Å². The second kappa shape index (κ2) is 6.62. The van der Waals surface area contributed by atoms with E-state index in [0.29, 0.717) is 15.1 Å². The fourth-order valence-corrected chi connectivity index (χ4v) is 4.34. The fraction of sp³-hybridized carbons (Fsp3) is 0.176. The zero-order chi connectivity index (χ0) is 19.1. The molecule has 26 heavy (non-hydrogen) atoms. The lowest BCUT2D eigenvalue weighted by molar-refractivity contribution is -0.118. The van der Waals surface area contributed by atoms with E-state index in [1.54, 1.807) is 12.1 Å². The van der Waals surface area contributed by atoms with Crippen LogP contribution in [0, 0.1) is 0 Å². The Morgan fingerprint density at radius 2 is 1.92 bits per heavy atom. The molecule has 0 N–H and O–H groups in total. The molecule has 0 atom stereocenters. The molecular weight excluding hydrogens is 380 g/mol. The summed E-state index contributed by atoms with van der Waals surface area (Å²) in [7, 11) is -2.66. The Kier molecular flexibility index (Phi) is 4.64. The molecule has 0 bridgehead atoms. The van der Waals surface area contributed by atoms with E-state index in [-0.39, 0.29) is 28.7 Å². The first kappa shape index (κ1) is 18.2. The molecule has 3 rings (SSSR count). The van der Waals surface area contributed by atoms with E-state index < -0.39 is 16.1 Å². The van der Waals surface area contributed by atoms with Crippen LogP contribution in [-0.2, 0) is 14.8 Å². The lowest BCUT2D eigenvalue weighted by Gasteiger charge is -2.34. The molecule has 0 unspecified atom stereocenters. The number of benzene rings is 2. The van der Waals surface area contributed by atoms with Crippen molar-refractivity contribution in [2.45, 2.75) is 11.8 Å². The molecule has 0 saturated heterocycles. The highest BCUT2D eigenvalue weighted by Gasteiger charge is 2.41. The normalized spacial score (nSPS) is 15.6. The molecular formula is C17H15ClN2O5S. The number of carbonyl (C=O) groups is 2. The number of nitrogens with zero attached hydrogens (tertiary/aromatic N) is 2. The lowest BCUT2D eigenvalue weighted by Crippen LogP contribution is -2.49. The van der Waals surface area contributed by atoms with Gasteiger partial charge in [-0.05, 0) is 37.3 Å². The first-order chi connectivity index (χ1) is 12.2. The maximum absolute atomic E-state index is 13.0. The molecule has 9 heteroatoms. The van der Waals surface area contributed by atoms with E-state index in [1.165, 1.54) is 49.2 Å². The number of carbonyl (C=O) groups excluding carboxylic acids is 2. The van der Waals surface area contributed by atoms with E-state index in [0.717, 1.165) is 0 Å². The minimum Gasteiger partial charge on any atom is -0.486 e. The Balaban J connectivity index is 2.09. The van der Waals surface area contributed by atoms with Crippen molar-refractivity contribution in [1.29, 1.82) is 0 Å². The van der Waals surface area contributed by atoms with Gasteiger partial charge in [-0.3, -0.25) is 9.69 Å². The summed E-state index contributed by atoms with van der Waals surface area (Å²) < 4.78 is 32.0. The van der Waals surface area contributed by atoms with Crippen molar-refractivity contribution >= 4 is 44.8 Å². The van der Waals surface area contributed by atoms with Crippen LogP contribution in [0.5, 0.6) is 5.75 Å². The summed E-state index contributed by atoms with van der Waals surface area (Å²) >= 11 is 5.93. The number of ether oxygens (including phenoxy) is 1. The molecule has 0 radical (unpaired) electrons. The first-order valence-corrected chi connectivity index (χ1v) is 9.38. The number of urea groups is 1. The largest absolute Gasteiger partial charge is 0.486 e. The molecule has 0 aromatic heterocycles. The SMILES string of the molecule is CC(=O)COc1ccc2c(c1)N(C)C(=O)N(c1cccc(Cl)c1)S2(=O)=O. The summed E-state index contributed by atoms with van der Waals surface area (Å²) in [6, 6.07) is 9.51. The standard InChI is InChI=1S/C17H15ClN2O5S/c1-11(21)10-25-14-6-7-16-15(9-14)19(2)17(22)20(26(16,23)24)13-5-3-4-12(18)8-13/h3-9H,10H2,1-2H3. The summed E-state index contributed by atoms with van der Waals surface area (Å²) in [6.07, 6.45) is 0. The highest BCUT2D eigenvalue weighted by molar-refractivity contribution is 7.94. The molecule has 2 aromatic carbocycles. The number of halogens is 1.